The van der Waals surface area contributed by atoms with E-state index in [9.17, 15) is 4.79 Å². The maximum atomic E-state index is 13.0. The Morgan fingerprint density at radius 1 is 0.621 bits per heavy atom. The Labute approximate surface area is 169 Å². The van der Waals surface area contributed by atoms with E-state index in [1.54, 1.807) is 12.1 Å². The van der Waals surface area contributed by atoms with Gasteiger partial charge in [0, 0.05) is 17.0 Å². The summed E-state index contributed by atoms with van der Waals surface area (Å²) in [5.41, 5.74) is 3.52. The lowest BCUT2D eigenvalue weighted by molar-refractivity contribution is 0.0733. The number of carbonyl (C=O) groups is 1. The lowest BCUT2D eigenvalue weighted by Gasteiger charge is -2.29. The Balaban J connectivity index is 1.63. The minimum atomic E-state index is -0.367. The zero-order valence-corrected chi connectivity index (χ0v) is 15.6. The molecule has 1 aliphatic heterocycles. The largest absolute Gasteiger partial charge is 0.457 e. The molecule has 0 spiro atoms. The molecule has 0 atom stereocenters. The summed E-state index contributed by atoms with van der Waals surface area (Å²) in [5, 5.41) is 0. The van der Waals surface area contributed by atoms with Gasteiger partial charge in [0.2, 0.25) is 0 Å². The van der Waals surface area contributed by atoms with Crippen molar-refractivity contribution < 1.29 is 14.3 Å². The number of hydrogen-bond donors (Lipinski definition) is 0. The van der Waals surface area contributed by atoms with Gasteiger partial charge in [0.05, 0.1) is 5.56 Å². The molecule has 0 bridgehead atoms. The highest BCUT2D eigenvalue weighted by Crippen LogP contribution is 2.47. The van der Waals surface area contributed by atoms with Gasteiger partial charge in [-0.15, -0.1) is 0 Å². The lowest BCUT2D eigenvalue weighted by Crippen LogP contribution is -2.17. The number of rotatable bonds is 3. The quantitative estimate of drug-likeness (QED) is 0.277. The summed E-state index contributed by atoms with van der Waals surface area (Å²) in [7, 11) is 0. The summed E-state index contributed by atoms with van der Waals surface area (Å²) < 4.78 is 11.7. The van der Waals surface area contributed by atoms with Crippen LogP contribution < -0.4 is 9.47 Å². The van der Waals surface area contributed by atoms with Crippen LogP contribution in [0.25, 0.3) is 0 Å². The van der Waals surface area contributed by atoms with Crippen molar-refractivity contribution in [2.24, 2.45) is 0 Å². The Morgan fingerprint density at radius 3 is 1.79 bits per heavy atom. The van der Waals surface area contributed by atoms with Crippen LogP contribution in [-0.2, 0) is 0 Å². The molecule has 4 aromatic rings. The van der Waals surface area contributed by atoms with Gasteiger partial charge in [0.1, 0.15) is 17.2 Å². The van der Waals surface area contributed by atoms with E-state index < -0.39 is 0 Å². The average molecular weight is 378 g/mol. The first-order valence-corrected chi connectivity index (χ1v) is 9.53. The van der Waals surface area contributed by atoms with Crippen molar-refractivity contribution in [3.05, 3.63) is 125 Å². The molecular weight excluding hydrogens is 360 g/mol. The molecule has 0 amide bonds. The molecule has 0 saturated carbocycles. The molecule has 0 saturated heterocycles. The molecule has 0 aliphatic carbocycles. The molecule has 4 aromatic carbocycles. The van der Waals surface area contributed by atoms with Crippen LogP contribution in [0.15, 0.2) is 103 Å². The molecule has 0 fully saturated rings. The van der Waals surface area contributed by atoms with Crippen molar-refractivity contribution >= 4 is 5.97 Å². The highest BCUT2D eigenvalue weighted by molar-refractivity contribution is 5.93. The number of carbonyl (C=O) groups excluding carboxylic acids is 1. The van der Waals surface area contributed by atoms with Gasteiger partial charge in [-0.2, -0.15) is 0 Å². The smallest absolute Gasteiger partial charge is 0.343 e. The van der Waals surface area contributed by atoms with E-state index in [4.69, 9.17) is 9.47 Å². The number of benzene rings is 4. The maximum absolute atomic E-state index is 13.0. The van der Waals surface area contributed by atoms with E-state index in [0.29, 0.717) is 11.3 Å². The fourth-order valence-corrected chi connectivity index (χ4v) is 3.83. The predicted octanol–water partition coefficient (Wildman–Crippen LogP) is 6.19. The molecule has 1 heterocycles. The molecule has 0 radical (unpaired) electrons. The minimum Gasteiger partial charge on any atom is -0.457 e. The van der Waals surface area contributed by atoms with E-state index in [1.807, 2.05) is 78.9 Å². The van der Waals surface area contributed by atoms with Crippen molar-refractivity contribution in [2.75, 3.05) is 0 Å². The number of esters is 1. The van der Waals surface area contributed by atoms with Crippen molar-refractivity contribution in [1.82, 2.24) is 0 Å². The fraction of sp³-hybridized carbons (Fsp3) is 0.0385. The summed E-state index contributed by atoms with van der Waals surface area (Å²) in [6, 6.07) is 32.7. The third kappa shape index (κ3) is 3.17. The normalized spacial score (nSPS) is 12.4. The Morgan fingerprint density at radius 2 is 1.14 bits per heavy atom. The van der Waals surface area contributed by atoms with Crippen LogP contribution >= 0.6 is 0 Å². The molecule has 5 rings (SSSR count). The van der Waals surface area contributed by atoms with Crippen LogP contribution in [-0.4, -0.2) is 5.97 Å². The van der Waals surface area contributed by atoms with Gasteiger partial charge in [-0.05, 0) is 35.9 Å². The predicted molar refractivity (Wildman–Crippen MR) is 112 cm³/mol. The van der Waals surface area contributed by atoms with Gasteiger partial charge >= 0.3 is 5.97 Å². The number of fused-ring (bicyclic) bond motifs is 2. The fourth-order valence-electron chi connectivity index (χ4n) is 3.83. The zero-order valence-electron chi connectivity index (χ0n) is 15.6. The maximum Gasteiger partial charge on any atom is 0.343 e. The molecular formula is C26H18O3. The molecule has 1 aliphatic rings. The number of hydrogen-bond acceptors (Lipinski definition) is 3. The molecule has 0 aromatic heterocycles. The highest BCUT2D eigenvalue weighted by Gasteiger charge is 2.31. The van der Waals surface area contributed by atoms with Crippen LogP contribution in [0.2, 0.25) is 0 Å². The molecule has 0 N–H and O–H groups in total. The molecule has 3 nitrogen and oxygen atoms in total. The summed E-state index contributed by atoms with van der Waals surface area (Å²) in [5.74, 6) is 1.66. The van der Waals surface area contributed by atoms with Crippen LogP contribution in [0.1, 0.15) is 33.0 Å². The third-order valence-electron chi connectivity index (χ3n) is 5.13. The van der Waals surface area contributed by atoms with Crippen molar-refractivity contribution in [3.63, 3.8) is 0 Å². The second-order valence-corrected chi connectivity index (χ2v) is 6.90. The van der Waals surface area contributed by atoms with E-state index in [1.165, 1.54) is 0 Å². The standard InChI is InChI=1S/C26H18O3/c27-26(28-18-10-2-1-3-11-18)20-13-5-4-12-19(20)25-21-14-6-8-16-23(21)29-24-17-9-7-15-22(24)25/h1-17,25H. The number of ether oxygens (including phenoxy) is 2. The summed E-state index contributed by atoms with van der Waals surface area (Å²) in [6.07, 6.45) is 0. The van der Waals surface area contributed by atoms with Gasteiger partial charge < -0.3 is 9.47 Å². The Bertz CT molecular complexity index is 1140. The lowest BCUT2D eigenvalue weighted by atomic mass is 9.81. The van der Waals surface area contributed by atoms with Crippen molar-refractivity contribution in [1.29, 1.82) is 0 Å². The van der Waals surface area contributed by atoms with E-state index in [2.05, 4.69) is 12.1 Å². The second kappa shape index (κ2) is 7.28. The van der Waals surface area contributed by atoms with Gasteiger partial charge in [0.25, 0.3) is 0 Å². The van der Waals surface area contributed by atoms with Gasteiger partial charge in [-0.25, -0.2) is 4.79 Å². The second-order valence-electron chi connectivity index (χ2n) is 6.90. The third-order valence-corrected chi connectivity index (χ3v) is 5.13. The van der Waals surface area contributed by atoms with E-state index >= 15 is 0 Å². The SMILES string of the molecule is O=C(Oc1ccccc1)c1ccccc1C1c2ccccc2Oc2ccccc21. The Kier molecular flexibility index (Phi) is 4.34. The zero-order chi connectivity index (χ0) is 19.6. The first kappa shape index (κ1) is 17.3. The van der Waals surface area contributed by atoms with Gasteiger partial charge in [-0.1, -0.05) is 72.8 Å². The minimum absolute atomic E-state index is 0.115. The van der Waals surface area contributed by atoms with Gasteiger partial charge in [0.15, 0.2) is 0 Å². The first-order chi connectivity index (χ1) is 14.3. The van der Waals surface area contributed by atoms with E-state index in [0.717, 1.165) is 28.2 Å². The summed E-state index contributed by atoms with van der Waals surface area (Å²) in [6.45, 7) is 0. The van der Waals surface area contributed by atoms with Crippen LogP contribution in [0.4, 0.5) is 0 Å². The molecule has 29 heavy (non-hydrogen) atoms. The topological polar surface area (TPSA) is 35.5 Å². The molecule has 3 heteroatoms. The van der Waals surface area contributed by atoms with E-state index in [-0.39, 0.29) is 11.9 Å². The monoisotopic (exact) mass is 378 g/mol. The van der Waals surface area contributed by atoms with Crippen LogP contribution in [0.3, 0.4) is 0 Å². The highest BCUT2D eigenvalue weighted by atomic mass is 16.5. The van der Waals surface area contributed by atoms with Crippen molar-refractivity contribution in [3.8, 4) is 17.2 Å². The summed E-state index contributed by atoms with van der Waals surface area (Å²) >= 11 is 0. The van der Waals surface area contributed by atoms with Crippen LogP contribution in [0.5, 0.6) is 17.2 Å². The molecule has 0 unspecified atom stereocenters. The van der Waals surface area contributed by atoms with Gasteiger partial charge in [-0.3, -0.25) is 0 Å². The molecule has 140 valence electrons. The Hall–Kier alpha value is -3.85. The van der Waals surface area contributed by atoms with Crippen LogP contribution in [0, 0.1) is 0 Å². The summed E-state index contributed by atoms with van der Waals surface area (Å²) in [4.78, 5) is 13.0. The number of para-hydroxylation sites is 3. The van der Waals surface area contributed by atoms with Crippen molar-refractivity contribution in [2.45, 2.75) is 5.92 Å². The average Bonchev–Trinajstić information content (AvgIpc) is 2.78. The first-order valence-electron chi connectivity index (χ1n) is 9.53.